The Morgan fingerprint density at radius 2 is 2.38 bits per heavy atom. The van der Waals surface area contributed by atoms with Gasteiger partial charge in [-0.25, -0.2) is 4.79 Å². The minimum atomic E-state index is 0.453. The summed E-state index contributed by atoms with van der Waals surface area (Å²) in [6.07, 6.45) is 1.46. The standard InChI is InChI=1S/C9H10N2O2/c10-4-5-13-9-3-1-2-8(6-9)11-7-12/h1-3,6H,4-5,10H2. The second-order valence-corrected chi connectivity index (χ2v) is 2.34. The minimum absolute atomic E-state index is 0.453. The molecule has 68 valence electrons. The summed E-state index contributed by atoms with van der Waals surface area (Å²) in [5.41, 5.74) is 5.79. The van der Waals surface area contributed by atoms with Crippen LogP contribution in [0.25, 0.3) is 0 Å². The first-order chi connectivity index (χ1) is 6.36. The summed E-state index contributed by atoms with van der Waals surface area (Å²) >= 11 is 0. The Balaban J connectivity index is 2.73. The fourth-order valence-electron chi connectivity index (χ4n) is 0.872. The fourth-order valence-corrected chi connectivity index (χ4v) is 0.872. The number of hydrogen-bond donors (Lipinski definition) is 1. The Kier molecular flexibility index (Phi) is 3.70. The van der Waals surface area contributed by atoms with Crippen molar-refractivity contribution in [2.75, 3.05) is 13.2 Å². The molecule has 4 heteroatoms. The van der Waals surface area contributed by atoms with E-state index in [0.717, 1.165) is 0 Å². The Hall–Kier alpha value is -1.64. The minimum Gasteiger partial charge on any atom is -0.492 e. The summed E-state index contributed by atoms with van der Waals surface area (Å²) in [7, 11) is 0. The molecule has 0 atom stereocenters. The van der Waals surface area contributed by atoms with Crippen molar-refractivity contribution in [1.82, 2.24) is 0 Å². The Labute approximate surface area is 76.0 Å². The molecule has 0 saturated carbocycles. The average Bonchev–Trinajstić information content (AvgIpc) is 2.16. The molecule has 0 heterocycles. The van der Waals surface area contributed by atoms with Crippen molar-refractivity contribution in [3.63, 3.8) is 0 Å². The van der Waals surface area contributed by atoms with E-state index >= 15 is 0 Å². The number of ether oxygens (including phenoxy) is 1. The van der Waals surface area contributed by atoms with Gasteiger partial charge in [0, 0.05) is 12.6 Å². The lowest BCUT2D eigenvalue weighted by Gasteiger charge is -2.03. The van der Waals surface area contributed by atoms with Crippen molar-refractivity contribution >= 4 is 11.8 Å². The van der Waals surface area contributed by atoms with Crippen LogP contribution in [0.4, 0.5) is 5.69 Å². The van der Waals surface area contributed by atoms with Gasteiger partial charge in [0.25, 0.3) is 0 Å². The summed E-state index contributed by atoms with van der Waals surface area (Å²) in [4.78, 5) is 13.4. The zero-order valence-electron chi connectivity index (χ0n) is 7.06. The van der Waals surface area contributed by atoms with Crippen molar-refractivity contribution in [3.8, 4) is 5.75 Å². The van der Waals surface area contributed by atoms with Gasteiger partial charge in [0.1, 0.15) is 12.4 Å². The molecule has 0 aliphatic rings. The molecule has 1 aromatic rings. The number of benzene rings is 1. The third-order valence-electron chi connectivity index (χ3n) is 1.38. The highest BCUT2D eigenvalue weighted by Gasteiger charge is 1.94. The highest BCUT2D eigenvalue weighted by molar-refractivity contribution is 5.51. The smallest absolute Gasteiger partial charge is 0.240 e. The van der Waals surface area contributed by atoms with Gasteiger partial charge in [-0.15, -0.1) is 0 Å². The molecule has 0 aliphatic carbocycles. The molecular formula is C9H10N2O2. The number of aliphatic imine (C=N–C) groups is 1. The second-order valence-electron chi connectivity index (χ2n) is 2.34. The predicted octanol–water partition coefficient (Wildman–Crippen LogP) is 0.991. The van der Waals surface area contributed by atoms with Crippen molar-refractivity contribution in [2.45, 2.75) is 0 Å². The van der Waals surface area contributed by atoms with Crippen LogP contribution in [-0.4, -0.2) is 19.2 Å². The maximum absolute atomic E-state index is 9.95. The Morgan fingerprint density at radius 1 is 1.54 bits per heavy atom. The van der Waals surface area contributed by atoms with Crippen molar-refractivity contribution in [1.29, 1.82) is 0 Å². The molecule has 0 unspecified atom stereocenters. The van der Waals surface area contributed by atoms with Crippen LogP contribution in [0.1, 0.15) is 0 Å². The lowest BCUT2D eigenvalue weighted by Crippen LogP contribution is -2.10. The summed E-state index contributed by atoms with van der Waals surface area (Å²) in [5.74, 6) is 0.655. The molecule has 0 spiro atoms. The summed E-state index contributed by atoms with van der Waals surface area (Å²) in [6, 6.07) is 6.88. The fraction of sp³-hybridized carbons (Fsp3) is 0.222. The van der Waals surface area contributed by atoms with E-state index in [2.05, 4.69) is 4.99 Å². The van der Waals surface area contributed by atoms with Crippen LogP contribution in [-0.2, 0) is 4.79 Å². The van der Waals surface area contributed by atoms with Gasteiger partial charge in [0.15, 0.2) is 0 Å². The molecule has 0 amide bonds. The number of rotatable bonds is 4. The highest BCUT2D eigenvalue weighted by atomic mass is 16.5. The van der Waals surface area contributed by atoms with Gasteiger partial charge in [-0.1, -0.05) is 6.07 Å². The monoisotopic (exact) mass is 178 g/mol. The average molecular weight is 178 g/mol. The normalized spacial score (nSPS) is 9.00. The second kappa shape index (κ2) is 5.09. The molecule has 2 N–H and O–H groups in total. The van der Waals surface area contributed by atoms with E-state index in [0.29, 0.717) is 24.6 Å². The molecule has 1 rings (SSSR count). The Morgan fingerprint density at radius 3 is 3.08 bits per heavy atom. The van der Waals surface area contributed by atoms with Crippen LogP contribution in [0.5, 0.6) is 5.75 Å². The first kappa shape index (κ1) is 9.45. The molecule has 1 aromatic carbocycles. The molecule has 0 saturated heterocycles. The maximum atomic E-state index is 9.95. The zero-order chi connectivity index (χ0) is 9.52. The van der Waals surface area contributed by atoms with Gasteiger partial charge >= 0.3 is 0 Å². The molecule has 4 nitrogen and oxygen atoms in total. The molecule has 0 bridgehead atoms. The van der Waals surface area contributed by atoms with Gasteiger partial charge in [0.2, 0.25) is 6.08 Å². The van der Waals surface area contributed by atoms with E-state index in [1.54, 1.807) is 24.3 Å². The van der Waals surface area contributed by atoms with Gasteiger partial charge < -0.3 is 10.5 Å². The number of carbonyl (C=O) groups excluding carboxylic acids is 1. The predicted molar refractivity (Wildman–Crippen MR) is 48.8 cm³/mol. The van der Waals surface area contributed by atoms with Crippen molar-refractivity contribution in [3.05, 3.63) is 24.3 Å². The topological polar surface area (TPSA) is 64.7 Å². The van der Waals surface area contributed by atoms with Crippen LogP contribution in [0, 0.1) is 0 Å². The number of isocyanates is 1. The van der Waals surface area contributed by atoms with E-state index in [-0.39, 0.29) is 0 Å². The van der Waals surface area contributed by atoms with Crippen LogP contribution in [0.15, 0.2) is 29.3 Å². The van der Waals surface area contributed by atoms with Crippen LogP contribution < -0.4 is 10.5 Å². The summed E-state index contributed by atoms with van der Waals surface area (Å²) in [6.45, 7) is 0.912. The number of nitrogens with zero attached hydrogens (tertiary/aromatic N) is 1. The zero-order valence-corrected chi connectivity index (χ0v) is 7.06. The molecule has 0 radical (unpaired) electrons. The third-order valence-corrected chi connectivity index (χ3v) is 1.38. The summed E-state index contributed by atoms with van der Waals surface area (Å²) in [5, 5.41) is 0. The number of nitrogens with two attached hydrogens (primary N) is 1. The molecular weight excluding hydrogens is 168 g/mol. The third kappa shape index (κ3) is 3.07. The SMILES string of the molecule is NCCOc1cccc(N=C=O)c1. The van der Waals surface area contributed by atoms with E-state index in [4.69, 9.17) is 10.5 Å². The Bertz CT molecular complexity index is 319. The van der Waals surface area contributed by atoms with Gasteiger partial charge in [0.05, 0.1) is 5.69 Å². The van der Waals surface area contributed by atoms with Crippen LogP contribution in [0.2, 0.25) is 0 Å². The van der Waals surface area contributed by atoms with Crippen LogP contribution in [0.3, 0.4) is 0 Å². The van der Waals surface area contributed by atoms with Crippen molar-refractivity contribution < 1.29 is 9.53 Å². The van der Waals surface area contributed by atoms with Gasteiger partial charge in [-0.2, -0.15) is 4.99 Å². The largest absolute Gasteiger partial charge is 0.492 e. The molecule has 13 heavy (non-hydrogen) atoms. The van der Waals surface area contributed by atoms with Crippen LogP contribution >= 0.6 is 0 Å². The quantitative estimate of drug-likeness (QED) is 0.552. The molecule has 0 fully saturated rings. The van der Waals surface area contributed by atoms with E-state index in [9.17, 15) is 4.79 Å². The highest BCUT2D eigenvalue weighted by Crippen LogP contribution is 2.18. The first-order valence-corrected chi connectivity index (χ1v) is 3.87. The lowest BCUT2D eigenvalue weighted by molar-refractivity contribution is 0.328. The molecule has 0 aliphatic heterocycles. The number of hydrogen-bond acceptors (Lipinski definition) is 4. The van der Waals surface area contributed by atoms with Gasteiger partial charge in [-0.05, 0) is 12.1 Å². The van der Waals surface area contributed by atoms with E-state index in [1.165, 1.54) is 6.08 Å². The van der Waals surface area contributed by atoms with Gasteiger partial charge in [-0.3, -0.25) is 0 Å². The molecule has 0 aromatic heterocycles. The maximum Gasteiger partial charge on any atom is 0.240 e. The first-order valence-electron chi connectivity index (χ1n) is 3.87. The van der Waals surface area contributed by atoms with Crippen molar-refractivity contribution in [2.24, 2.45) is 10.7 Å². The van der Waals surface area contributed by atoms with E-state index < -0.39 is 0 Å². The van der Waals surface area contributed by atoms with E-state index in [1.807, 2.05) is 0 Å². The summed E-state index contributed by atoms with van der Waals surface area (Å²) < 4.78 is 5.23. The lowest BCUT2D eigenvalue weighted by atomic mass is 10.3.